The zero-order chi connectivity index (χ0) is 29.1. The number of nitrogens with one attached hydrogen (secondary N) is 1. The number of hydrogen-bond acceptors (Lipinski definition) is 6. The molecule has 2 heterocycles. The first kappa shape index (κ1) is 29.1. The molecule has 1 unspecified atom stereocenters. The summed E-state index contributed by atoms with van der Waals surface area (Å²) in [7, 11) is -1.92. The van der Waals surface area contributed by atoms with Crippen LogP contribution in [0, 0.1) is 11.7 Å². The van der Waals surface area contributed by atoms with Crippen molar-refractivity contribution in [1.29, 1.82) is 0 Å². The van der Waals surface area contributed by atoms with E-state index in [-0.39, 0.29) is 41.3 Å². The maximum Gasteiger partial charge on any atom is 0.508 e. The van der Waals surface area contributed by atoms with Crippen LogP contribution in [0.2, 0.25) is 0 Å². The summed E-state index contributed by atoms with van der Waals surface area (Å²) >= 11 is 0. The Hall–Kier alpha value is -3.44. The zero-order valence-electron chi connectivity index (χ0n) is 23.3. The number of likely N-dealkylation sites (tertiary alicyclic amines) is 1. The second kappa shape index (κ2) is 12.2. The Balaban J connectivity index is 1.19. The topological polar surface area (TPSA) is 107 Å². The highest BCUT2D eigenvalue weighted by molar-refractivity contribution is 7.89. The number of amides is 1. The molecule has 1 N–H and O–H groups in total. The minimum atomic E-state index is -3.78. The molecular weight excluding hydrogens is 549 g/mol. The predicted octanol–water partition coefficient (Wildman–Crippen LogP) is 4.99. The Kier molecular flexibility index (Phi) is 8.65. The van der Waals surface area contributed by atoms with Crippen molar-refractivity contribution in [2.75, 3.05) is 19.7 Å². The zero-order valence-corrected chi connectivity index (χ0v) is 24.2. The van der Waals surface area contributed by atoms with Crippen molar-refractivity contribution in [3.05, 3.63) is 54.3 Å². The number of nitrogens with zero attached hydrogens (tertiary/aromatic N) is 2. The van der Waals surface area contributed by atoms with Crippen LogP contribution in [0.25, 0.3) is 22.2 Å². The molecule has 1 aromatic heterocycles. The van der Waals surface area contributed by atoms with Crippen molar-refractivity contribution < 1.29 is 31.9 Å². The van der Waals surface area contributed by atoms with Crippen LogP contribution in [-0.4, -0.2) is 61.8 Å². The molecule has 1 aliphatic heterocycles. The molecule has 1 atom stereocenters. The van der Waals surface area contributed by atoms with Crippen molar-refractivity contribution in [3.63, 3.8) is 0 Å². The van der Waals surface area contributed by atoms with Crippen LogP contribution in [0.5, 0.6) is 0 Å². The van der Waals surface area contributed by atoms with Crippen LogP contribution in [-0.2, 0) is 31.3 Å². The number of ether oxygens (including phenoxy) is 2. The van der Waals surface area contributed by atoms with E-state index in [0.29, 0.717) is 45.2 Å². The first-order valence-corrected chi connectivity index (χ1v) is 15.6. The highest BCUT2D eigenvalue weighted by Crippen LogP contribution is 2.31. The number of aromatic nitrogens is 1. The monoisotopic (exact) mass is 585 g/mol. The lowest BCUT2D eigenvalue weighted by Crippen LogP contribution is -2.47. The van der Waals surface area contributed by atoms with Crippen LogP contribution in [0.1, 0.15) is 45.4 Å². The van der Waals surface area contributed by atoms with Crippen LogP contribution in [0.3, 0.4) is 0 Å². The fourth-order valence-electron chi connectivity index (χ4n) is 5.90. The lowest BCUT2D eigenvalue weighted by molar-refractivity contribution is -0.140. The highest BCUT2D eigenvalue weighted by Gasteiger charge is 2.34. The summed E-state index contributed by atoms with van der Waals surface area (Å²) in [5, 5.41) is 0.886. The SMILES string of the molecule is CCOC(=O)OC1CCCN(C(=O)C2CCC(NS(=O)(=O)c3ccc4cc(-c5ccc(F)cc5)n(C)c4c3)CC2)C1. The average Bonchev–Trinajstić information content (AvgIpc) is 3.29. The van der Waals surface area contributed by atoms with E-state index in [4.69, 9.17) is 9.47 Å². The standard InChI is InChI=1S/C30H36FN3O6S/c1-3-39-30(36)40-25-5-4-16-34(19-25)29(35)21-8-13-24(14-9-21)32-41(37,38)26-15-10-22-17-27(33(2)28(22)18-26)20-6-11-23(31)12-7-20/h6-7,10-12,15,17-18,21,24-25,32H,3-5,8-9,13-14,16,19H2,1-2H3. The largest absolute Gasteiger partial charge is 0.508 e. The molecule has 0 bridgehead atoms. The summed E-state index contributed by atoms with van der Waals surface area (Å²) in [5.74, 6) is -0.456. The van der Waals surface area contributed by atoms with Gasteiger partial charge in [-0.1, -0.05) is 6.07 Å². The van der Waals surface area contributed by atoms with Crippen molar-refractivity contribution >= 4 is 33.0 Å². The molecule has 0 radical (unpaired) electrons. The van der Waals surface area contributed by atoms with Gasteiger partial charge >= 0.3 is 6.16 Å². The molecule has 0 spiro atoms. The first-order valence-electron chi connectivity index (χ1n) is 14.1. The van der Waals surface area contributed by atoms with Crippen LogP contribution in [0.15, 0.2) is 53.4 Å². The number of carbonyl (C=O) groups is 2. The Morgan fingerprint density at radius 2 is 1.76 bits per heavy atom. The number of aryl methyl sites for hydroxylation is 1. The molecule has 5 rings (SSSR count). The molecule has 1 saturated carbocycles. The summed E-state index contributed by atoms with van der Waals surface area (Å²) in [6, 6.07) is 12.9. The van der Waals surface area contributed by atoms with Gasteiger partial charge in [0.05, 0.1) is 18.0 Å². The van der Waals surface area contributed by atoms with Gasteiger partial charge in [0.1, 0.15) is 11.9 Å². The Labute approximate surface area is 239 Å². The summed E-state index contributed by atoms with van der Waals surface area (Å²) in [6.07, 6.45) is 2.66. The van der Waals surface area contributed by atoms with Gasteiger partial charge in [0.25, 0.3) is 0 Å². The maximum atomic E-state index is 13.4. The molecule has 2 aromatic carbocycles. The van der Waals surface area contributed by atoms with Gasteiger partial charge in [0, 0.05) is 42.1 Å². The Morgan fingerprint density at radius 3 is 2.46 bits per heavy atom. The lowest BCUT2D eigenvalue weighted by Gasteiger charge is -2.36. The Bertz CT molecular complexity index is 1510. The quantitative estimate of drug-likeness (QED) is 0.392. The van der Waals surface area contributed by atoms with E-state index in [9.17, 15) is 22.4 Å². The number of piperidine rings is 1. The molecular formula is C30H36FN3O6S. The van der Waals surface area contributed by atoms with Crippen molar-refractivity contribution in [2.45, 2.75) is 62.5 Å². The molecule has 2 fully saturated rings. The van der Waals surface area contributed by atoms with Gasteiger partial charge in [-0.2, -0.15) is 0 Å². The third kappa shape index (κ3) is 6.56. The Morgan fingerprint density at radius 1 is 1.02 bits per heavy atom. The van der Waals surface area contributed by atoms with E-state index in [1.807, 2.05) is 17.7 Å². The number of halogens is 1. The smallest absolute Gasteiger partial charge is 0.435 e. The minimum absolute atomic E-state index is 0.0367. The van der Waals surface area contributed by atoms with E-state index in [1.165, 1.54) is 12.1 Å². The molecule has 9 nitrogen and oxygen atoms in total. The normalized spacial score (nSPS) is 21.5. The van der Waals surface area contributed by atoms with E-state index in [1.54, 1.807) is 42.2 Å². The molecule has 1 amide bonds. The van der Waals surface area contributed by atoms with Crippen LogP contribution < -0.4 is 4.72 Å². The minimum Gasteiger partial charge on any atom is -0.435 e. The van der Waals surface area contributed by atoms with Crippen molar-refractivity contribution in [3.8, 4) is 11.3 Å². The van der Waals surface area contributed by atoms with Gasteiger partial charge in [-0.3, -0.25) is 4.79 Å². The molecule has 41 heavy (non-hydrogen) atoms. The van der Waals surface area contributed by atoms with Gasteiger partial charge in [-0.25, -0.2) is 22.3 Å². The second-order valence-electron chi connectivity index (χ2n) is 10.8. The number of sulfonamides is 1. The second-order valence-corrected chi connectivity index (χ2v) is 12.5. The van der Waals surface area contributed by atoms with E-state index >= 15 is 0 Å². The molecule has 220 valence electrons. The predicted molar refractivity (Wildman–Crippen MR) is 152 cm³/mol. The average molecular weight is 586 g/mol. The number of benzene rings is 2. The van der Waals surface area contributed by atoms with E-state index in [0.717, 1.165) is 28.6 Å². The van der Waals surface area contributed by atoms with Crippen molar-refractivity contribution in [1.82, 2.24) is 14.2 Å². The number of hydrogen-bond donors (Lipinski definition) is 1. The third-order valence-corrected chi connectivity index (χ3v) is 9.60. The number of fused-ring (bicyclic) bond motifs is 1. The fraction of sp³-hybridized carbons (Fsp3) is 0.467. The van der Waals surface area contributed by atoms with Gasteiger partial charge in [0.15, 0.2) is 0 Å². The lowest BCUT2D eigenvalue weighted by atomic mass is 9.85. The van der Waals surface area contributed by atoms with Gasteiger partial charge in [0.2, 0.25) is 15.9 Å². The van der Waals surface area contributed by atoms with Crippen molar-refractivity contribution in [2.24, 2.45) is 13.0 Å². The number of carbonyl (C=O) groups excluding carboxylic acids is 2. The molecule has 1 aliphatic carbocycles. The van der Waals surface area contributed by atoms with Crippen LogP contribution in [0.4, 0.5) is 9.18 Å². The van der Waals surface area contributed by atoms with Crippen LogP contribution >= 0.6 is 0 Å². The molecule has 11 heteroatoms. The summed E-state index contributed by atoms with van der Waals surface area (Å²) in [4.78, 5) is 26.8. The maximum absolute atomic E-state index is 13.4. The highest BCUT2D eigenvalue weighted by atomic mass is 32.2. The summed E-state index contributed by atoms with van der Waals surface area (Å²) < 4.78 is 54.9. The first-order chi connectivity index (χ1) is 19.6. The van der Waals surface area contributed by atoms with Gasteiger partial charge in [-0.15, -0.1) is 0 Å². The van der Waals surface area contributed by atoms with E-state index in [2.05, 4.69) is 4.72 Å². The third-order valence-electron chi connectivity index (χ3n) is 8.08. The molecule has 2 aliphatic rings. The van der Waals surface area contributed by atoms with E-state index < -0.39 is 16.2 Å². The van der Waals surface area contributed by atoms with Gasteiger partial charge in [-0.05, 0) is 93.5 Å². The summed E-state index contributed by atoms with van der Waals surface area (Å²) in [5.41, 5.74) is 2.46. The number of rotatable bonds is 7. The summed E-state index contributed by atoms with van der Waals surface area (Å²) in [6.45, 7) is 2.93. The molecule has 3 aromatic rings. The van der Waals surface area contributed by atoms with Gasteiger partial charge < -0.3 is 18.9 Å². The molecule has 1 saturated heterocycles. The fourth-order valence-corrected chi connectivity index (χ4v) is 7.23.